The van der Waals surface area contributed by atoms with Crippen LogP contribution in [-0.4, -0.2) is 20.6 Å². The second-order valence-corrected chi connectivity index (χ2v) is 1.66. The van der Waals surface area contributed by atoms with Gasteiger partial charge in [0.15, 0.2) is 0 Å². The van der Waals surface area contributed by atoms with Crippen molar-refractivity contribution in [2.75, 3.05) is 0 Å². The summed E-state index contributed by atoms with van der Waals surface area (Å²) in [6.07, 6.45) is 4.23. The molecule has 0 saturated heterocycles. The van der Waals surface area contributed by atoms with Crippen LogP contribution in [0.5, 0.6) is 0 Å². The molecule has 0 amide bonds. The van der Waals surface area contributed by atoms with Crippen LogP contribution >= 0.6 is 0 Å². The topological polar surface area (TPSA) is 55.1 Å². The van der Waals surface area contributed by atoms with E-state index in [-0.39, 0.29) is 6.73 Å². The highest BCUT2D eigenvalue weighted by Gasteiger charge is 1.94. The maximum Gasteiger partial charge on any atom is 0.145 e. The third-order valence-corrected chi connectivity index (χ3v) is 1.09. The zero-order valence-corrected chi connectivity index (χ0v) is 5.19. The fourth-order valence-corrected chi connectivity index (χ4v) is 0.633. The molecular formula is C6H6N2O2. The van der Waals surface area contributed by atoms with Gasteiger partial charge in [0.1, 0.15) is 18.5 Å². The number of hydrogen-bond acceptors (Lipinski definition) is 3. The summed E-state index contributed by atoms with van der Waals surface area (Å²) >= 11 is 0. The van der Waals surface area contributed by atoms with Gasteiger partial charge >= 0.3 is 0 Å². The molecule has 0 aliphatic rings. The van der Waals surface area contributed by atoms with Crippen LogP contribution in [-0.2, 0) is 11.5 Å². The van der Waals surface area contributed by atoms with Crippen molar-refractivity contribution in [3.63, 3.8) is 0 Å². The average molecular weight is 138 g/mol. The van der Waals surface area contributed by atoms with Gasteiger partial charge in [0.25, 0.3) is 0 Å². The van der Waals surface area contributed by atoms with Crippen molar-refractivity contribution >= 4 is 12.0 Å². The van der Waals surface area contributed by atoms with E-state index in [4.69, 9.17) is 5.11 Å². The van der Waals surface area contributed by atoms with E-state index in [2.05, 4.69) is 4.98 Å². The second-order valence-electron chi connectivity index (χ2n) is 1.66. The number of rotatable bonds is 2. The maximum absolute atomic E-state index is 9.82. The predicted molar refractivity (Wildman–Crippen MR) is 34.6 cm³/mol. The number of imidazole rings is 1. The quantitative estimate of drug-likeness (QED) is 0.570. The molecule has 4 heteroatoms. The predicted octanol–water partition coefficient (Wildman–Crippen LogP) is -0.322. The summed E-state index contributed by atoms with van der Waals surface area (Å²) in [5, 5.41) is 8.61. The molecule has 1 aromatic rings. The Bertz CT molecular complexity index is 260. The lowest BCUT2D eigenvalue weighted by Gasteiger charge is -1.94. The van der Waals surface area contributed by atoms with E-state index in [9.17, 15) is 4.79 Å². The molecule has 1 aromatic heterocycles. The zero-order valence-electron chi connectivity index (χ0n) is 5.19. The van der Waals surface area contributed by atoms with Gasteiger partial charge in [0, 0.05) is 12.4 Å². The number of hydrogen-bond donors (Lipinski definition) is 1. The van der Waals surface area contributed by atoms with Gasteiger partial charge < -0.3 is 9.67 Å². The summed E-state index contributed by atoms with van der Waals surface area (Å²) in [6, 6.07) is 0. The van der Waals surface area contributed by atoms with Gasteiger partial charge in [-0.1, -0.05) is 0 Å². The Morgan fingerprint density at radius 3 is 3.30 bits per heavy atom. The monoisotopic (exact) mass is 138 g/mol. The summed E-state index contributed by atoms with van der Waals surface area (Å²) in [7, 11) is 0. The van der Waals surface area contributed by atoms with Crippen molar-refractivity contribution in [3.05, 3.63) is 18.2 Å². The summed E-state index contributed by atoms with van der Waals surface area (Å²) in [5.41, 5.74) is 0. The lowest BCUT2D eigenvalue weighted by molar-refractivity contribution is 0.209. The molecular weight excluding hydrogens is 132 g/mol. The fraction of sp³-hybridized carbons (Fsp3) is 0.167. The van der Waals surface area contributed by atoms with Crippen molar-refractivity contribution < 1.29 is 9.90 Å². The molecule has 1 heterocycles. The van der Waals surface area contributed by atoms with Crippen molar-refractivity contribution in [1.82, 2.24) is 9.55 Å². The summed E-state index contributed by atoms with van der Waals surface area (Å²) in [4.78, 5) is 13.6. The zero-order chi connectivity index (χ0) is 7.40. The molecule has 0 unspecified atom stereocenters. The van der Waals surface area contributed by atoms with Gasteiger partial charge in [-0.3, -0.25) is 0 Å². The molecule has 0 saturated carbocycles. The van der Waals surface area contributed by atoms with E-state index in [0.717, 1.165) is 6.08 Å². The molecule has 0 fully saturated rings. The van der Waals surface area contributed by atoms with Gasteiger partial charge in [-0.05, 0) is 0 Å². The Labute approximate surface area is 57.4 Å². The first-order valence-electron chi connectivity index (χ1n) is 2.71. The number of carbonyl (C=O) groups excluding carboxylic acids is 1. The summed E-state index contributed by atoms with van der Waals surface area (Å²) in [5.74, 6) is 1.99. The molecule has 0 radical (unpaired) electrons. The Kier molecular flexibility index (Phi) is 1.99. The third kappa shape index (κ3) is 1.13. The van der Waals surface area contributed by atoms with Crippen molar-refractivity contribution in [1.29, 1.82) is 0 Å². The first kappa shape index (κ1) is 6.74. The van der Waals surface area contributed by atoms with E-state index >= 15 is 0 Å². The standard InChI is InChI=1S/C6H6N2O2/c9-4-1-6-7-2-3-8(6)5-10/h1-3,10H,5H2. The van der Waals surface area contributed by atoms with Gasteiger partial charge in [0.05, 0.1) is 6.08 Å². The van der Waals surface area contributed by atoms with Gasteiger partial charge in [-0.25, -0.2) is 9.78 Å². The fourth-order valence-electron chi connectivity index (χ4n) is 0.633. The van der Waals surface area contributed by atoms with E-state index in [0.29, 0.717) is 5.82 Å². The molecule has 1 rings (SSSR count). The highest BCUT2D eigenvalue weighted by atomic mass is 16.3. The lowest BCUT2D eigenvalue weighted by Crippen LogP contribution is -1.97. The van der Waals surface area contributed by atoms with Crippen LogP contribution in [0.3, 0.4) is 0 Å². The number of nitrogens with zero attached hydrogens (tertiary/aromatic N) is 2. The van der Waals surface area contributed by atoms with Gasteiger partial charge in [-0.2, -0.15) is 0 Å². The van der Waals surface area contributed by atoms with E-state index in [1.54, 1.807) is 12.1 Å². The molecule has 0 atom stereocenters. The van der Waals surface area contributed by atoms with Crippen LogP contribution in [0.4, 0.5) is 0 Å². The summed E-state index contributed by atoms with van der Waals surface area (Å²) < 4.78 is 1.42. The summed E-state index contributed by atoms with van der Waals surface area (Å²) in [6.45, 7) is -0.173. The van der Waals surface area contributed by atoms with Crippen LogP contribution in [0.15, 0.2) is 12.4 Å². The highest BCUT2D eigenvalue weighted by molar-refractivity contribution is 5.71. The smallest absolute Gasteiger partial charge is 0.145 e. The third-order valence-electron chi connectivity index (χ3n) is 1.09. The second kappa shape index (κ2) is 2.96. The lowest BCUT2D eigenvalue weighted by atomic mass is 10.6. The highest BCUT2D eigenvalue weighted by Crippen LogP contribution is 1.95. The number of aliphatic hydroxyl groups is 1. The van der Waals surface area contributed by atoms with E-state index < -0.39 is 0 Å². The maximum atomic E-state index is 9.82. The van der Waals surface area contributed by atoms with Crippen LogP contribution in [0.1, 0.15) is 5.82 Å². The number of aliphatic hydroxyl groups excluding tert-OH is 1. The van der Waals surface area contributed by atoms with Gasteiger partial charge in [0.2, 0.25) is 0 Å². The van der Waals surface area contributed by atoms with Crippen molar-refractivity contribution in [2.45, 2.75) is 6.73 Å². The number of aromatic nitrogens is 2. The average Bonchev–Trinajstić information content (AvgIpc) is 2.36. The molecule has 0 bridgehead atoms. The molecule has 10 heavy (non-hydrogen) atoms. The molecule has 0 aromatic carbocycles. The van der Waals surface area contributed by atoms with Crippen molar-refractivity contribution in [3.8, 4) is 0 Å². The van der Waals surface area contributed by atoms with E-state index in [1.807, 2.05) is 0 Å². The van der Waals surface area contributed by atoms with Crippen LogP contribution in [0.2, 0.25) is 0 Å². The first-order valence-corrected chi connectivity index (χ1v) is 2.71. The van der Waals surface area contributed by atoms with Crippen LogP contribution < -0.4 is 0 Å². The SMILES string of the molecule is O=C=Cc1nccn1CO. The minimum absolute atomic E-state index is 0.173. The minimum atomic E-state index is -0.173. The molecule has 1 N–H and O–H groups in total. The van der Waals surface area contributed by atoms with Crippen LogP contribution in [0, 0.1) is 0 Å². The van der Waals surface area contributed by atoms with Crippen molar-refractivity contribution in [2.24, 2.45) is 0 Å². The van der Waals surface area contributed by atoms with E-state index in [1.165, 1.54) is 10.8 Å². The molecule has 0 aliphatic heterocycles. The minimum Gasteiger partial charge on any atom is -0.376 e. The Hall–Kier alpha value is -1.38. The molecule has 4 nitrogen and oxygen atoms in total. The van der Waals surface area contributed by atoms with Gasteiger partial charge in [-0.15, -0.1) is 0 Å². The normalized spacial score (nSPS) is 8.90. The largest absolute Gasteiger partial charge is 0.376 e. The molecule has 0 aliphatic carbocycles. The Morgan fingerprint density at radius 2 is 2.70 bits per heavy atom. The first-order chi connectivity index (χ1) is 4.88. The Balaban J connectivity index is 3.00. The molecule has 0 spiro atoms. The molecule has 52 valence electrons. The van der Waals surface area contributed by atoms with Crippen LogP contribution in [0.25, 0.3) is 6.08 Å². The Morgan fingerprint density at radius 1 is 1.90 bits per heavy atom.